The number of carbonyl (C=O) groups is 2. The van der Waals surface area contributed by atoms with Crippen molar-refractivity contribution in [1.29, 1.82) is 0 Å². The Morgan fingerprint density at radius 3 is 2.61 bits per heavy atom. The predicted octanol–water partition coefficient (Wildman–Crippen LogP) is 3.46. The van der Waals surface area contributed by atoms with E-state index in [1.54, 1.807) is 19.2 Å². The lowest BCUT2D eigenvalue weighted by Gasteiger charge is -2.19. The van der Waals surface area contributed by atoms with E-state index in [0.29, 0.717) is 29.3 Å². The molecule has 0 aromatic heterocycles. The maximum absolute atomic E-state index is 12.5. The van der Waals surface area contributed by atoms with Gasteiger partial charge in [-0.2, -0.15) is 0 Å². The van der Waals surface area contributed by atoms with Crippen LogP contribution < -0.4 is 19.5 Å². The van der Waals surface area contributed by atoms with E-state index in [1.807, 2.05) is 30.1 Å². The summed E-state index contributed by atoms with van der Waals surface area (Å²) in [6, 6.07) is 8.95. The van der Waals surface area contributed by atoms with E-state index in [2.05, 4.69) is 21.2 Å². The number of halogens is 1. The molecule has 8 heteroatoms. The monoisotopic (exact) mass is 448 g/mol. The summed E-state index contributed by atoms with van der Waals surface area (Å²) in [4.78, 5) is 26.3. The third kappa shape index (κ3) is 4.63. The number of nitrogens with one attached hydrogen (secondary N) is 1. The zero-order chi connectivity index (χ0) is 20.3. The molecule has 148 valence electrons. The van der Waals surface area contributed by atoms with E-state index in [1.165, 1.54) is 6.92 Å². The van der Waals surface area contributed by atoms with Gasteiger partial charge in [0, 0.05) is 28.2 Å². The third-order valence-electron chi connectivity index (χ3n) is 4.26. The molecule has 1 aliphatic heterocycles. The van der Waals surface area contributed by atoms with Gasteiger partial charge in [0.1, 0.15) is 5.75 Å². The number of fused-ring (bicyclic) bond motifs is 1. The van der Waals surface area contributed by atoms with E-state index in [-0.39, 0.29) is 25.0 Å². The summed E-state index contributed by atoms with van der Waals surface area (Å²) >= 11 is 3.45. The summed E-state index contributed by atoms with van der Waals surface area (Å²) in [6.45, 7) is 2.21. The minimum Gasteiger partial charge on any atom is -0.496 e. The van der Waals surface area contributed by atoms with E-state index < -0.39 is 0 Å². The van der Waals surface area contributed by atoms with Crippen LogP contribution in [0.3, 0.4) is 0 Å². The zero-order valence-electron chi connectivity index (χ0n) is 15.9. The van der Waals surface area contributed by atoms with Crippen molar-refractivity contribution in [3.8, 4) is 17.2 Å². The molecule has 0 bridgehead atoms. The topological polar surface area (TPSA) is 77.1 Å². The fourth-order valence-corrected chi connectivity index (χ4v) is 3.40. The van der Waals surface area contributed by atoms with Gasteiger partial charge >= 0.3 is 0 Å². The van der Waals surface area contributed by atoms with Crippen LogP contribution in [0.15, 0.2) is 34.8 Å². The Balaban J connectivity index is 1.69. The molecule has 0 saturated carbocycles. The lowest BCUT2D eigenvalue weighted by molar-refractivity contribution is -0.117. The van der Waals surface area contributed by atoms with Crippen LogP contribution in [-0.4, -0.2) is 44.1 Å². The fourth-order valence-electron chi connectivity index (χ4n) is 2.99. The van der Waals surface area contributed by atoms with Crippen molar-refractivity contribution in [3.63, 3.8) is 0 Å². The van der Waals surface area contributed by atoms with Crippen LogP contribution in [0.5, 0.6) is 17.2 Å². The molecule has 1 amide bonds. The minimum absolute atomic E-state index is 0.0985. The summed E-state index contributed by atoms with van der Waals surface area (Å²) < 4.78 is 17.0. The quantitative estimate of drug-likeness (QED) is 0.653. The van der Waals surface area contributed by atoms with Crippen LogP contribution in [0, 0.1) is 0 Å². The van der Waals surface area contributed by atoms with Gasteiger partial charge in [0.25, 0.3) is 0 Å². The number of anilines is 1. The molecule has 2 aromatic rings. The Hall–Kier alpha value is -2.58. The average Bonchev–Trinajstić information content (AvgIpc) is 3.08. The number of hydrogen-bond donors (Lipinski definition) is 1. The maximum atomic E-state index is 12.5. The Morgan fingerprint density at radius 1 is 1.21 bits per heavy atom. The van der Waals surface area contributed by atoms with Gasteiger partial charge in [0.2, 0.25) is 12.7 Å². The van der Waals surface area contributed by atoms with Crippen molar-refractivity contribution in [2.75, 3.05) is 32.8 Å². The summed E-state index contributed by atoms with van der Waals surface area (Å²) in [5.74, 6) is 1.36. The second-order valence-electron chi connectivity index (χ2n) is 6.48. The van der Waals surface area contributed by atoms with Gasteiger partial charge in [-0.05, 0) is 38.2 Å². The lowest BCUT2D eigenvalue weighted by atomic mass is 10.1. The molecule has 0 spiro atoms. The number of likely N-dealkylation sites (N-methyl/N-ethyl adjacent to an activating group) is 1. The SMILES string of the molecule is COc1ccc(Br)cc1CN(C)CC(=O)Nc1cc2c(cc1C(C)=O)OCO2. The average molecular weight is 449 g/mol. The number of benzene rings is 2. The predicted molar refractivity (Wildman–Crippen MR) is 108 cm³/mol. The van der Waals surface area contributed by atoms with Crippen LogP contribution in [-0.2, 0) is 11.3 Å². The van der Waals surface area contributed by atoms with Crippen molar-refractivity contribution in [1.82, 2.24) is 4.90 Å². The van der Waals surface area contributed by atoms with E-state index in [0.717, 1.165) is 15.8 Å². The summed E-state index contributed by atoms with van der Waals surface area (Å²) in [6.07, 6.45) is 0. The number of rotatable bonds is 7. The van der Waals surface area contributed by atoms with E-state index in [4.69, 9.17) is 14.2 Å². The molecule has 0 atom stereocenters. The smallest absolute Gasteiger partial charge is 0.238 e. The third-order valence-corrected chi connectivity index (χ3v) is 4.76. The molecule has 0 radical (unpaired) electrons. The van der Waals surface area contributed by atoms with Crippen molar-refractivity contribution in [2.24, 2.45) is 0 Å². The van der Waals surface area contributed by atoms with Crippen molar-refractivity contribution < 1.29 is 23.8 Å². The number of nitrogens with zero attached hydrogens (tertiary/aromatic N) is 1. The van der Waals surface area contributed by atoms with Gasteiger partial charge in [0.05, 0.1) is 19.3 Å². The molecule has 1 N–H and O–H groups in total. The van der Waals surface area contributed by atoms with Gasteiger partial charge in [-0.15, -0.1) is 0 Å². The molecular weight excluding hydrogens is 428 g/mol. The van der Waals surface area contributed by atoms with Crippen LogP contribution in [0.4, 0.5) is 5.69 Å². The highest BCUT2D eigenvalue weighted by Gasteiger charge is 2.21. The van der Waals surface area contributed by atoms with Gasteiger partial charge < -0.3 is 19.5 Å². The first-order chi connectivity index (χ1) is 13.4. The van der Waals surface area contributed by atoms with Gasteiger partial charge in [-0.25, -0.2) is 0 Å². The molecular formula is C20H21BrN2O5. The summed E-state index contributed by atoms with van der Waals surface area (Å²) in [5.41, 5.74) is 1.75. The maximum Gasteiger partial charge on any atom is 0.238 e. The highest BCUT2D eigenvalue weighted by Crippen LogP contribution is 2.37. The molecule has 1 aliphatic rings. The highest BCUT2D eigenvalue weighted by atomic mass is 79.9. The number of ketones is 1. The molecule has 0 unspecified atom stereocenters. The summed E-state index contributed by atoms with van der Waals surface area (Å²) in [7, 11) is 3.45. The largest absolute Gasteiger partial charge is 0.496 e. The van der Waals surface area contributed by atoms with Gasteiger partial charge in [-0.1, -0.05) is 15.9 Å². The Kier molecular flexibility index (Phi) is 6.21. The zero-order valence-corrected chi connectivity index (χ0v) is 17.5. The van der Waals surface area contributed by atoms with Crippen LogP contribution in [0.2, 0.25) is 0 Å². The molecule has 1 heterocycles. The van der Waals surface area contributed by atoms with Crippen LogP contribution >= 0.6 is 15.9 Å². The molecule has 3 rings (SSSR count). The van der Waals surface area contributed by atoms with Crippen molar-refractivity contribution >= 4 is 33.3 Å². The fraction of sp³-hybridized carbons (Fsp3) is 0.300. The van der Waals surface area contributed by atoms with Crippen molar-refractivity contribution in [3.05, 3.63) is 45.9 Å². The van der Waals surface area contributed by atoms with E-state index >= 15 is 0 Å². The second kappa shape index (κ2) is 8.62. The summed E-state index contributed by atoms with van der Waals surface area (Å²) in [5, 5.41) is 2.80. The lowest BCUT2D eigenvalue weighted by Crippen LogP contribution is -2.30. The second-order valence-corrected chi connectivity index (χ2v) is 7.40. The number of methoxy groups -OCH3 is 1. The molecule has 28 heavy (non-hydrogen) atoms. The van der Waals surface area contributed by atoms with Gasteiger partial charge in [-0.3, -0.25) is 14.5 Å². The number of amides is 1. The first-order valence-corrected chi connectivity index (χ1v) is 9.42. The Bertz CT molecular complexity index is 916. The number of hydrogen-bond acceptors (Lipinski definition) is 6. The first-order valence-electron chi connectivity index (χ1n) is 8.62. The standard InChI is InChI=1S/C20H21BrN2O5/c1-12(24)15-7-18-19(28-11-27-18)8-16(15)22-20(25)10-23(2)9-13-6-14(21)4-5-17(13)26-3/h4-8H,9-11H2,1-3H3,(H,22,25). The molecule has 7 nitrogen and oxygen atoms in total. The first kappa shape index (κ1) is 20.2. The van der Waals surface area contributed by atoms with Crippen LogP contribution in [0.25, 0.3) is 0 Å². The Labute approximate surface area is 171 Å². The van der Waals surface area contributed by atoms with Crippen molar-refractivity contribution in [2.45, 2.75) is 13.5 Å². The number of Topliss-reactive ketones (excluding diaryl/α,β-unsaturated/α-hetero) is 1. The molecule has 0 saturated heterocycles. The number of carbonyl (C=O) groups excluding carboxylic acids is 2. The molecule has 0 fully saturated rings. The normalized spacial score (nSPS) is 12.2. The van der Waals surface area contributed by atoms with E-state index in [9.17, 15) is 9.59 Å². The number of ether oxygens (including phenoxy) is 3. The van der Waals surface area contributed by atoms with Gasteiger partial charge in [0.15, 0.2) is 17.3 Å². The highest BCUT2D eigenvalue weighted by molar-refractivity contribution is 9.10. The minimum atomic E-state index is -0.238. The Morgan fingerprint density at radius 2 is 1.93 bits per heavy atom. The molecule has 0 aliphatic carbocycles. The molecule has 2 aromatic carbocycles. The van der Waals surface area contributed by atoms with Crippen LogP contribution in [0.1, 0.15) is 22.8 Å².